The Morgan fingerprint density at radius 2 is 1.73 bits per heavy atom. The van der Waals surface area contributed by atoms with Gasteiger partial charge in [0.05, 0.1) is 0 Å². The summed E-state index contributed by atoms with van der Waals surface area (Å²) in [6.07, 6.45) is 7.02. The van der Waals surface area contributed by atoms with Gasteiger partial charge in [0.1, 0.15) is 12.1 Å². The minimum absolute atomic E-state index is 0.116. The van der Waals surface area contributed by atoms with Gasteiger partial charge in [-0.25, -0.2) is 0 Å². The number of rotatable bonds is 3. The van der Waals surface area contributed by atoms with Crippen molar-refractivity contribution in [1.82, 2.24) is 0 Å². The van der Waals surface area contributed by atoms with Crippen LogP contribution in [0, 0.1) is 5.92 Å². The summed E-state index contributed by atoms with van der Waals surface area (Å²) in [6.45, 7) is 3.89. The zero-order chi connectivity index (χ0) is 11.3. The van der Waals surface area contributed by atoms with Gasteiger partial charge in [0.2, 0.25) is 0 Å². The SMILES string of the molecule is CC(C)C(N)C(=O)OC1CCCCCC1. The first-order chi connectivity index (χ1) is 7.11. The van der Waals surface area contributed by atoms with Crippen LogP contribution in [0.1, 0.15) is 52.4 Å². The highest BCUT2D eigenvalue weighted by molar-refractivity contribution is 5.75. The molecule has 0 spiro atoms. The van der Waals surface area contributed by atoms with E-state index in [2.05, 4.69) is 0 Å². The molecule has 0 aromatic rings. The highest BCUT2D eigenvalue weighted by atomic mass is 16.5. The number of hydrogen-bond donors (Lipinski definition) is 1. The molecule has 3 heteroatoms. The zero-order valence-corrected chi connectivity index (χ0v) is 9.87. The lowest BCUT2D eigenvalue weighted by Gasteiger charge is -2.20. The quantitative estimate of drug-likeness (QED) is 0.578. The van der Waals surface area contributed by atoms with Crippen LogP contribution in [0.25, 0.3) is 0 Å². The number of carbonyl (C=O) groups excluding carboxylic acids is 1. The van der Waals surface area contributed by atoms with Gasteiger partial charge >= 0.3 is 5.97 Å². The maximum absolute atomic E-state index is 11.6. The number of ether oxygens (including phenoxy) is 1. The van der Waals surface area contributed by atoms with E-state index in [4.69, 9.17) is 10.5 Å². The summed E-state index contributed by atoms with van der Waals surface area (Å²) in [5.74, 6) is -0.0693. The third kappa shape index (κ3) is 4.20. The van der Waals surface area contributed by atoms with Crippen molar-refractivity contribution in [2.24, 2.45) is 11.7 Å². The molecule has 0 heterocycles. The van der Waals surface area contributed by atoms with Gasteiger partial charge in [0.25, 0.3) is 0 Å². The molecule has 1 aliphatic rings. The van der Waals surface area contributed by atoms with Gasteiger partial charge in [0.15, 0.2) is 0 Å². The summed E-state index contributed by atoms with van der Waals surface area (Å²) >= 11 is 0. The molecule has 0 radical (unpaired) electrons. The zero-order valence-electron chi connectivity index (χ0n) is 9.87. The van der Waals surface area contributed by atoms with Crippen LogP contribution in [0.3, 0.4) is 0 Å². The molecule has 1 unspecified atom stereocenters. The van der Waals surface area contributed by atoms with Crippen LogP contribution in [-0.2, 0) is 9.53 Å². The van der Waals surface area contributed by atoms with Gasteiger partial charge in [0, 0.05) is 0 Å². The number of carbonyl (C=O) groups is 1. The van der Waals surface area contributed by atoms with Crippen molar-refractivity contribution in [2.75, 3.05) is 0 Å². The van der Waals surface area contributed by atoms with Gasteiger partial charge in [-0.2, -0.15) is 0 Å². The van der Waals surface area contributed by atoms with E-state index < -0.39 is 6.04 Å². The number of esters is 1. The van der Waals surface area contributed by atoms with E-state index in [9.17, 15) is 4.79 Å². The Morgan fingerprint density at radius 1 is 1.20 bits per heavy atom. The van der Waals surface area contributed by atoms with Crippen LogP contribution in [0.5, 0.6) is 0 Å². The molecule has 0 amide bonds. The van der Waals surface area contributed by atoms with Gasteiger partial charge in [-0.3, -0.25) is 4.79 Å². The molecular formula is C12H23NO2. The molecule has 0 aromatic carbocycles. The molecule has 3 nitrogen and oxygen atoms in total. The standard InChI is InChI=1S/C12H23NO2/c1-9(2)11(13)12(14)15-10-7-5-3-4-6-8-10/h9-11H,3-8,13H2,1-2H3. The Morgan fingerprint density at radius 3 is 2.20 bits per heavy atom. The molecule has 1 atom stereocenters. The number of hydrogen-bond acceptors (Lipinski definition) is 3. The molecule has 1 fully saturated rings. The summed E-state index contributed by atoms with van der Waals surface area (Å²) < 4.78 is 5.43. The maximum Gasteiger partial charge on any atom is 0.323 e. The molecular weight excluding hydrogens is 190 g/mol. The first-order valence-corrected chi connectivity index (χ1v) is 6.07. The molecule has 88 valence electrons. The van der Waals surface area contributed by atoms with Crippen LogP contribution >= 0.6 is 0 Å². The molecule has 15 heavy (non-hydrogen) atoms. The van der Waals surface area contributed by atoms with Crippen molar-refractivity contribution in [3.63, 3.8) is 0 Å². The average Bonchev–Trinajstić information content (AvgIpc) is 2.45. The topological polar surface area (TPSA) is 52.3 Å². The molecule has 0 bridgehead atoms. The summed E-state index contributed by atoms with van der Waals surface area (Å²) in [6, 6.07) is -0.465. The fourth-order valence-corrected chi connectivity index (χ4v) is 1.87. The Kier molecular flexibility index (Phi) is 5.09. The molecule has 1 saturated carbocycles. The van der Waals surface area contributed by atoms with E-state index in [0.29, 0.717) is 0 Å². The van der Waals surface area contributed by atoms with E-state index in [0.717, 1.165) is 12.8 Å². The molecule has 1 rings (SSSR count). The molecule has 0 aliphatic heterocycles. The lowest BCUT2D eigenvalue weighted by atomic mass is 10.1. The maximum atomic E-state index is 11.6. The molecule has 0 aromatic heterocycles. The first kappa shape index (κ1) is 12.5. The van der Waals surface area contributed by atoms with Crippen LogP contribution in [-0.4, -0.2) is 18.1 Å². The second kappa shape index (κ2) is 6.11. The summed E-state index contributed by atoms with van der Waals surface area (Å²) in [4.78, 5) is 11.6. The van der Waals surface area contributed by atoms with Crippen molar-refractivity contribution in [1.29, 1.82) is 0 Å². The Hall–Kier alpha value is -0.570. The lowest BCUT2D eigenvalue weighted by Crippen LogP contribution is -2.38. The highest BCUT2D eigenvalue weighted by Crippen LogP contribution is 2.20. The van der Waals surface area contributed by atoms with Gasteiger partial charge in [-0.05, 0) is 31.6 Å². The van der Waals surface area contributed by atoms with Gasteiger partial charge in [-0.15, -0.1) is 0 Å². The van der Waals surface area contributed by atoms with Crippen LogP contribution in [0.2, 0.25) is 0 Å². The van der Waals surface area contributed by atoms with E-state index in [1.54, 1.807) is 0 Å². The minimum atomic E-state index is -0.465. The second-order valence-corrected chi connectivity index (χ2v) is 4.82. The molecule has 2 N–H and O–H groups in total. The number of nitrogens with two attached hydrogens (primary N) is 1. The average molecular weight is 213 g/mol. The van der Waals surface area contributed by atoms with Crippen LogP contribution in [0.4, 0.5) is 0 Å². The first-order valence-electron chi connectivity index (χ1n) is 6.07. The van der Waals surface area contributed by atoms with E-state index in [1.165, 1.54) is 25.7 Å². The third-order valence-electron chi connectivity index (χ3n) is 3.08. The van der Waals surface area contributed by atoms with E-state index in [-0.39, 0.29) is 18.0 Å². The van der Waals surface area contributed by atoms with Crippen molar-refractivity contribution in [3.05, 3.63) is 0 Å². The van der Waals surface area contributed by atoms with Crippen molar-refractivity contribution in [2.45, 2.75) is 64.5 Å². The summed E-state index contributed by atoms with van der Waals surface area (Å²) in [7, 11) is 0. The van der Waals surface area contributed by atoms with Gasteiger partial charge < -0.3 is 10.5 Å². The fraction of sp³-hybridized carbons (Fsp3) is 0.917. The Balaban J connectivity index is 2.35. The normalized spacial score (nSPS) is 21.1. The van der Waals surface area contributed by atoms with Crippen molar-refractivity contribution < 1.29 is 9.53 Å². The Labute approximate surface area is 92.4 Å². The fourth-order valence-electron chi connectivity index (χ4n) is 1.87. The van der Waals surface area contributed by atoms with E-state index >= 15 is 0 Å². The van der Waals surface area contributed by atoms with Crippen molar-refractivity contribution in [3.8, 4) is 0 Å². The second-order valence-electron chi connectivity index (χ2n) is 4.82. The van der Waals surface area contributed by atoms with Gasteiger partial charge in [-0.1, -0.05) is 26.7 Å². The molecule has 1 aliphatic carbocycles. The minimum Gasteiger partial charge on any atom is -0.461 e. The lowest BCUT2D eigenvalue weighted by molar-refractivity contribution is -0.152. The van der Waals surface area contributed by atoms with Crippen molar-refractivity contribution >= 4 is 5.97 Å². The smallest absolute Gasteiger partial charge is 0.323 e. The van der Waals surface area contributed by atoms with Crippen LogP contribution < -0.4 is 5.73 Å². The summed E-state index contributed by atoms with van der Waals surface area (Å²) in [5, 5.41) is 0. The Bertz CT molecular complexity index is 196. The van der Waals surface area contributed by atoms with Crippen LogP contribution in [0.15, 0.2) is 0 Å². The largest absolute Gasteiger partial charge is 0.461 e. The third-order valence-corrected chi connectivity index (χ3v) is 3.08. The predicted octanol–water partition coefficient (Wildman–Crippen LogP) is 2.24. The highest BCUT2D eigenvalue weighted by Gasteiger charge is 2.23. The monoisotopic (exact) mass is 213 g/mol. The molecule has 0 saturated heterocycles. The van der Waals surface area contributed by atoms with E-state index in [1.807, 2.05) is 13.8 Å². The predicted molar refractivity (Wildman–Crippen MR) is 60.4 cm³/mol. The summed E-state index contributed by atoms with van der Waals surface area (Å²) in [5.41, 5.74) is 5.74.